The van der Waals surface area contributed by atoms with Crippen LogP contribution in [0, 0.1) is 0 Å². The van der Waals surface area contributed by atoms with Gasteiger partial charge in [0.15, 0.2) is 0 Å². The third-order valence-electron chi connectivity index (χ3n) is 4.40. The van der Waals surface area contributed by atoms with Crippen LogP contribution in [0.5, 0.6) is 0 Å². The van der Waals surface area contributed by atoms with E-state index in [0.29, 0.717) is 16.0 Å². The first-order valence-corrected chi connectivity index (χ1v) is 12.0. The Kier molecular flexibility index (Phi) is 9.04. The first-order valence-electron chi connectivity index (χ1n) is 9.58. The summed E-state index contributed by atoms with van der Waals surface area (Å²) in [5.41, 5.74) is 2.27. The molecule has 155 valence electrons. The zero-order valence-corrected chi connectivity index (χ0v) is 19.0. The number of aryl methyl sites for hydroxylation is 1. The van der Waals surface area contributed by atoms with Crippen LogP contribution in [-0.4, -0.2) is 35.1 Å². The normalized spacial score (nSPS) is 12.0. The molecule has 0 saturated carbocycles. The number of hydrogen-bond acceptors (Lipinski definition) is 4. The number of aliphatic imine (C=N–C) groups is 1. The van der Waals surface area contributed by atoms with E-state index >= 15 is 0 Å². The predicted octanol–water partition coefficient (Wildman–Crippen LogP) is 3.43. The molecule has 0 atom stereocenters. The van der Waals surface area contributed by atoms with Crippen molar-refractivity contribution in [2.45, 2.75) is 50.3 Å². The Balaban J connectivity index is 1.91. The molecule has 0 saturated heterocycles. The molecule has 2 aromatic rings. The number of benzene rings is 2. The Morgan fingerprint density at radius 3 is 2.21 bits per heavy atom. The molecule has 2 rings (SSSR count). The van der Waals surface area contributed by atoms with E-state index in [1.807, 2.05) is 24.3 Å². The third-order valence-corrected chi connectivity index (χ3v) is 5.74. The van der Waals surface area contributed by atoms with Crippen molar-refractivity contribution in [2.75, 3.05) is 0 Å². The van der Waals surface area contributed by atoms with Gasteiger partial charge in [-0.05, 0) is 0 Å². The summed E-state index contributed by atoms with van der Waals surface area (Å²) in [6.45, 7) is 2.21. The van der Waals surface area contributed by atoms with Gasteiger partial charge in [-0.1, -0.05) is 13.3 Å². The number of amides is 1. The van der Waals surface area contributed by atoms with Crippen molar-refractivity contribution >= 4 is 42.4 Å². The summed E-state index contributed by atoms with van der Waals surface area (Å²) in [4.78, 5) is 16.6. The molecule has 1 amide bonds. The molecule has 0 aliphatic carbocycles. The molecule has 0 bridgehead atoms. The molecular weight excluding hydrogens is 453 g/mol. The standard InChI is InChI=1S/C21H26N3O3SSe/c1-2-3-4-5-6-7-16-8-10-17(11-9-16)20(25)24-21(29)23-18-12-14-19(15-13-18)28(22,26)27/h8-15H,2-7H2,1H3,(H2,22,26,27)(H,23,24,25). The van der Waals surface area contributed by atoms with Crippen LogP contribution < -0.4 is 10.5 Å². The molecule has 0 fully saturated rings. The number of unbranched alkanes of at least 4 members (excludes halogenated alkanes) is 4. The Hall–Kier alpha value is -1.99. The average Bonchev–Trinajstić information content (AvgIpc) is 2.68. The summed E-state index contributed by atoms with van der Waals surface area (Å²) in [6.07, 6.45) is 7.22. The molecule has 2 aromatic carbocycles. The molecule has 0 heterocycles. The number of nitrogens with zero attached hydrogens (tertiary/aromatic N) is 1. The van der Waals surface area contributed by atoms with Crippen molar-refractivity contribution in [3.05, 3.63) is 59.7 Å². The summed E-state index contributed by atoms with van der Waals surface area (Å²) in [5, 5.41) is 7.76. The number of sulfonamides is 1. The van der Waals surface area contributed by atoms with Gasteiger partial charge in [0.05, 0.1) is 0 Å². The maximum atomic E-state index is 12.4. The van der Waals surface area contributed by atoms with Gasteiger partial charge in [0.2, 0.25) is 0 Å². The summed E-state index contributed by atoms with van der Waals surface area (Å²) < 4.78 is 22.8. The van der Waals surface area contributed by atoms with Crippen molar-refractivity contribution in [2.24, 2.45) is 10.1 Å². The Bertz CT molecular complexity index is 940. The molecule has 0 unspecified atom stereocenters. The van der Waals surface area contributed by atoms with Gasteiger partial charge in [-0.15, -0.1) is 0 Å². The maximum absolute atomic E-state index is 12.4. The van der Waals surface area contributed by atoms with E-state index in [1.54, 1.807) is 0 Å². The zero-order valence-electron chi connectivity index (χ0n) is 16.4. The topological polar surface area (TPSA) is 102 Å². The first-order chi connectivity index (χ1) is 13.8. The van der Waals surface area contributed by atoms with Crippen molar-refractivity contribution in [1.82, 2.24) is 5.32 Å². The number of primary sulfonamides is 1. The monoisotopic (exact) mass is 480 g/mol. The molecule has 8 heteroatoms. The number of rotatable bonds is 9. The Morgan fingerprint density at radius 2 is 1.62 bits per heavy atom. The summed E-state index contributed by atoms with van der Waals surface area (Å²) in [5.74, 6) is -0.266. The van der Waals surface area contributed by atoms with Gasteiger partial charge in [0, 0.05) is 0 Å². The number of nitrogens with one attached hydrogen (secondary N) is 1. The Labute approximate surface area is 180 Å². The molecular formula is C21H26N3O3SSe. The van der Waals surface area contributed by atoms with Gasteiger partial charge in [-0.25, -0.2) is 0 Å². The second-order valence-electron chi connectivity index (χ2n) is 6.77. The van der Waals surface area contributed by atoms with Gasteiger partial charge < -0.3 is 0 Å². The van der Waals surface area contributed by atoms with Crippen molar-refractivity contribution < 1.29 is 13.2 Å². The fourth-order valence-corrected chi connectivity index (χ4v) is 3.71. The summed E-state index contributed by atoms with van der Waals surface area (Å²) in [7, 11) is -3.74. The Morgan fingerprint density at radius 1 is 1.00 bits per heavy atom. The second-order valence-corrected chi connectivity index (χ2v) is 9.14. The summed E-state index contributed by atoms with van der Waals surface area (Å²) in [6, 6.07) is 13.3. The van der Waals surface area contributed by atoms with Gasteiger partial charge in [-0.2, -0.15) is 0 Å². The summed E-state index contributed by atoms with van der Waals surface area (Å²) >= 11 is 2.70. The van der Waals surface area contributed by atoms with E-state index in [4.69, 9.17) is 5.14 Å². The van der Waals surface area contributed by atoms with Crippen LogP contribution in [0.2, 0.25) is 0 Å². The molecule has 3 N–H and O–H groups in total. The van der Waals surface area contributed by atoms with E-state index in [0.717, 1.165) is 12.8 Å². The predicted molar refractivity (Wildman–Crippen MR) is 117 cm³/mol. The van der Waals surface area contributed by atoms with E-state index in [-0.39, 0.29) is 10.8 Å². The van der Waals surface area contributed by atoms with Gasteiger partial charge >= 0.3 is 168 Å². The van der Waals surface area contributed by atoms with E-state index in [2.05, 4.69) is 33.2 Å². The fraction of sp³-hybridized carbons (Fsp3) is 0.333. The van der Waals surface area contributed by atoms with Crippen molar-refractivity contribution in [3.8, 4) is 0 Å². The van der Waals surface area contributed by atoms with Gasteiger partial charge in [0.25, 0.3) is 0 Å². The zero-order chi connectivity index (χ0) is 21.3. The van der Waals surface area contributed by atoms with Crippen LogP contribution in [0.1, 0.15) is 54.9 Å². The van der Waals surface area contributed by atoms with Gasteiger partial charge in [-0.3, -0.25) is 0 Å². The quantitative estimate of drug-likeness (QED) is 0.249. The van der Waals surface area contributed by atoms with Crippen LogP contribution in [0.3, 0.4) is 0 Å². The fourth-order valence-electron chi connectivity index (χ4n) is 2.78. The molecule has 29 heavy (non-hydrogen) atoms. The number of carbonyl (C=O) groups excluding carboxylic acids is 1. The molecule has 1 radical (unpaired) electrons. The second kappa shape index (κ2) is 11.3. The van der Waals surface area contributed by atoms with Crippen LogP contribution in [0.4, 0.5) is 5.69 Å². The SMILES string of the molecule is CCCCCCCc1ccc(C(=O)NC([Se])=Nc2ccc(S(N)(=O)=O)cc2)cc1. The molecule has 0 aromatic heterocycles. The third kappa shape index (κ3) is 8.11. The molecule has 0 spiro atoms. The average molecular weight is 479 g/mol. The minimum atomic E-state index is -3.74. The van der Waals surface area contributed by atoms with E-state index in [9.17, 15) is 13.2 Å². The number of carbonyl (C=O) groups is 1. The van der Waals surface area contributed by atoms with Gasteiger partial charge in [0.1, 0.15) is 0 Å². The molecule has 6 nitrogen and oxygen atoms in total. The number of hydrogen-bond donors (Lipinski definition) is 2. The number of nitrogens with two attached hydrogens (primary N) is 1. The van der Waals surface area contributed by atoms with Crippen LogP contribution in [0.15, 0.2) is 58.4 Å². The number of amidine groups is 1. The van der Waals surface area contributed by atoms with E-state index in [1.165, 1.54) is 55.5 Å². The van der Waals surface area contributed by atoms with E-state index < -0.39 is 10.0 Å². The molecule has 0 aliphatic rings. The first kappa shape index (κ1) is 23.3. The van der Waals surface area contributed by atoms with Crippen LogP contribution in [0.25, 0.3) is 0 Å². The minimum absolute atomic E-state index is 0.00701. The van der Waals surface area contributed by atoms with Crippen molar-refractivity contribution in [3.63, 3.8) is 0 Å². The van der Waals surface area contributed by atoms with Crippen molar-refractivity contribution in [1.29, 1.82) is 0 Å². The van der Waals surface area contributed by atoms with Crippen LogP contribution in [-0.2, 0) is 16.4 Å². The van der Waals surface area contributed by atoms with Crippen LogP contribution >= 0.6 is 0 Å². The molecule has 0 aliphatic heterocycles.